The zero-order valence-corrected chi connectivity index (χ0v) is 12.3. The second-order valence-corrected chi connectivity index (χ2v) is 5.59. The molecule has 1 saturated carbocycles. The average Bonchev–Trinajstić information content (AvgIpc) is 2.37. The number of carbonyl (C=O) groups excluding carboxylic acids is 2. The number of hydrogen-bond acceptors (Lipinski definition) is 3. The van der Waals surface area contributed by atoms with E-state index in [4.69, 9.17) is 5.73 Å². The molecule has 0 radical (unpaired) electrons. The fraction of sp³-hybridized carbons (Fsp3) is 0.857. The van der Waals surface area contributed by atoms with Crippen LogP contribution in [0.5, 0.6) is 0 Å². The van der Waals surface area contributed by atoms with Crippen molar-refractivity contribution in [3.05, 3.63) is 0 Å². The number of rotatable bonds is 5. The number of nitrogens with one attached hydrogen (secondary N) is 1. The van der Waals surface area contributed by atoms with Crippen molar-refractivity contribution >= 4 is 11.8 Å². The van der Waals surface area contributed by atoms with Gasteiger partial charge in [0.25, 0.3) is 0 Å². The summed E-state index contributed by atoms with van der Waals surface area (Å²) in [6.45, 7) is 4.91. The van der Waals surface area contributed by atoms with E-state index in [-0.39, 0.29) is 30.3 Å². The van der Waals surface area contributed by atoms with Gasteiger partial charge in [-0.15, -0.1) is 0 Å². The molecule has 2 amide bonds. The molecule has 0 aliphatic heterocycles. The van der Waals surface area contributed by atoms with Gasteiger partial charge in [-0.05, 0) is 31.6 Å². The standard InChI is InChI=1S/C14H27N3O2/c1-4-7-17(9-13(18)16-3)14(19)12-6-5-11(15)8-10(12)2/h10-12H,4-9,15H2,1-3H3,(H,16,18). The summed E-state index contributed by atoms with van der Waals surface area (Å²) >= 11 is 0. The maximum Gasteiger partial charge on any atom is 0.239 e. The summed E-state index contributed by atoms with van der Waals surface area (Å²) in [6.07, 6.45) is 3.51. The first kappa shape index (κ1) is 16.0. The van der Waals surface area contributed by atoms with E-state index < -0.39 is 0 Å². The van der Waals surface area contributed by atoms with Crippen LogP contribution in [0.4, 0.5) is 0 Å². The molecule has 5 heteroatoms. The Kier molecular flexibility index (Phi) is 6.28. The minimum Gasteiger partial charge on any atom is -0.358 e. The lowest BCUT2D eigenvalue weighted by Crippen LogP contribution is -2.46. The molecule has 0 aromatic rings. The van der Waals surface area contributed by atoms with Crippen molar-refractivity contribution in [2.75, 3.05) is 20.1 Å². The first-order valence-corrected chi connectivity index (χ1v) is 7.24. The molecule has 1 rings (SSSR count). The van der Waals surface area contributed by atoms with E-state index in [1.807, 2.05) is 6.92 Å². The number of nitrogens with zero attached hydrogens (tertiary/aromatic N) is 1. The molecule has 3 unspecified atom stereocenters. The van der Waals surface area contributed by atoms with Gasteiger partial charge in [-0.1, -0.05) is 13.8 Å². The molecule has 110 valence electrons. The highest BCUT2D eigenvalue weighted by Gasteiger charge is 2.33. The number of hydrogen-bond donors (Lipinski definition) is 2. The normalized spacial score (nSPS) is 26.8. The maximum absolute atomic E-state index is 12.6. The topological polar surface area (TPSA) is 75.4 Å². The SMILES string of the molecule is CCCN(CC(=O)NC)C(=O)C1CCC(N)CC1C. The molecule has 0 bridgehead atoms. The van der Waals surface area contributed by atoms with Crippen molar-refractivity contribution in [1.29, 1.82) is 0 Å². The number of likely N-dealkylation sites (N-methyl/N-ethyl adjacent to an activating group) is 1. The predicted molar refractivity (Wildman–Crippen MR) is 75.4 cm³/mol. The second kappa shape index (κ2) is 7.48. The minimum atomic E-state index is -0.109. The van der Waals surface area contributed by atoms with E-state index in [1.54, 1.807) is 11.9 Å². The van der Waals surface area contributed by atoms with E-state index in [1.165, 1.54) is 0 Å². The molecule has 3 atom stereocenters. The summed E-state index contributed by atoms with van der Waals surface area (Å²) in [5.41, 5.74) is 5.94. The van der Waals surface area contributed by atoms with Gasteiger partial charge in [-0.25, -0.2) is 0 Å². The Morgan fingerprint density at radius 2 is 2.05 bits per heavy atom. The number of nitrogens with two attached hydrogens (primary N) is 1. The summed E-state index contributed by atoms with van der Waals surface area (Å²) in [7, 11) is 1.60. The highest BCUT2D eigenvalue weighted by molar-refractivity contribution is 5.86. The fourth-order valence-corrected chi connectivity index (χ4v) is 2.83. The third-order valence-electron chi connectivity index (χ3n) is 3.95. The van der Waals surface area contributed by atoms with Crippen LogP contribution in [0.1, 0.15) is 39.5 Å². The van der Waals surface area contributed by atoms with Crippen LogP contribution in [0, 0.1) is 11.8 Å². The Labute approximate surface area is 115 Å². The Morgan fingerprint density at radius 1 is 1.37 bits per heavy atom. The van der Waals surface area contributed by atoms with E-state index >= 15 is 0 Å². The zero-order chi connectivity index (χ0) is 14.4. The molecule has 1 aliphatic carbocycles. The number of carbonyl (C=O) groups is 2. The van der Waals surface area contributed by atoms with Crippen molar-refractivity contribution in [3.63, 3.8) is 0 Å². The van der Waals surface area contributed by atoms with Gasteiger partial charge < -0.3 is 16.0 Å². The van der Waals surface area contributed by atoms with Crippen LogP contribution >= 0.6 is 0 Å². The van der Waals surface area contributed by atoms with Crippen LogP contribution in [0.3, 0.4) is 0 Å². The van der Waals surface area contributed by atoms with Gasteiger partial charge in [0.2, 0.25) is 11.8 Å². The van der Waals surface area contributed by atoms with Gasteiger partial charge in [-0.3, -0.25) is 9.59 Å². The van der Waals surface area contributed by atoms with Crippen LogP contribution in [-0.2, 0) is 9.59 Å². The van der Waals surface area contributed by atoms with E-state index in [0.29, 0.717) is 12.5 Å². The Hall–Kier alpha value is -1.10. The number of amides is 2. The van der Waals surface area contributed by atoms with E-state index in [0.717, 1.165) is 25.7 Å². The molecule has 0 saturated heterocycles. The van der Waals surface area contributed by atoms with Gasteiger partial charge in [0, 0.05) is 25.6 Å². The van der Waals surface area contributed by atoms with Crippen LogP contribution in [0.15, 0.2) is 0 Å². The monoisotopic (exact) mass is 269 g/mol. The molecule has 0 spiro atoms. The zero-order valence-electron chi connectivity index (χ0n) is 12.3. The highest BCUT2D eigenvalue weighted by atomic mass is 16.2. The molecule has 3 N–H and O–H groups in total. The predicted octanol–water partition coefficient (Wildman–Crippen LogP) is 0.735. The molecular formula is C14H27N3O2. The molecule has 0 aromatic heterocycles. The lowest BCUT2D eigenvalue weighted by atomic mass is 9.77. The van der Waals surface area contributed by atoms with Gasteiger partial charge in [-0.2, -0.15) is 0 Å². The summed E-state index contributed by atoms with van der Waals surface area (Å²) < 4.78 is 0. The third kappa shape index (κ3) is 4.49. The van der Waals surface area contributed by atoms with Crippen molar-refractivity contribution < 1.29 is 9.59 Å². The van der Waals surface area contributed by atoms with Crippen LogP contribution < -0.4 is 11.1 Å². The maximum atomic E-state index is 12.6. The summed E-state index contributed by atoms with van der Waals surface area (Å²) in [6, 6.07) is 0.220. The second-order valence-electron chi connectivity index (χ2n) is 5.59. The smallest absolute Gasteiger partial charge is 0.239 e. The molecule has 1 aliphatic rings. The summed E-state index contributed by atoms with van der Waals surface area (Å²) in [4.78, 5) is 25.7. The van der Waals surface area contributed by atoms with Crippen LogP contribution in [0.25, 0.3) is 0 Å². The van der Waals surface area contributed by atoms with Crippen molar-refractivity contribution in [2.45, 2.75) is 45.6 Å². The largest absolute Gasteiger partial charge is 0.358 e. The van der Waals surface area contributed by atoms with Crippen molar-refractivity contribution in [3.8, 4) is 0 Å². The Balaban J connectivity index is 2.67. The van der Waals surface area contributed by atoms with Gasteiger partial charge >= 0.3 is 0 Å². The Morgan fingerprint density at radius 3 is 2.58 bits per heavy atom. The Bertz CT molecular complexity index is 320. The van der Waals surface area contributed by atoms with Gasteiger partial charge in [0.15, 0.2) is 0 Å². The van der Waals surface area contributed by atoms with Gasteiger partial charge in [0.1, 0.15) is 0 Å². The van der Waals surface area contributed by atoms with E-state index in [2.05, 4.69) is 12.2 Å². The molecule has 19 heavy (non-hydrogen) atoms. The van der Waals surface area contributed by atoms with Crippen LogP contribution in [0.2, 0.25) is 0 Å². The molecule has 0 heterocycles. The summed E-state index contributed by atoms with van der Waals surface area (Å²) in [5.74, 6) is 0.336. The molecular weight excluding hydrogens is 242 g/mol. The lowest BCUT2D eigenvalue weighted by molar-refractivity contribution is -0.141. The van der Waals surface area contributed by atoms with Crippen molar-refractivity contribution in [2.24, 2.45) is 17.6 Å². The fourth-order valence-electron chi connectivity index (χ4n) is 2.83. The molecule has 0 aromatic carbocycles. The minimum absolute atomic E-state index is 0.0241. The molecule has 5 nitrogen and oxygen atoms in total. The summed E-state index contributed by atoms with van der Waals surface area (Å²) in [5, 5.41) is 2.58. The third-order valence-corrected chi connectivity index (χ3v) is 3.95. The van der Waals surface area contributed by atoms with Gasteiger partial charge in [0.05, 0.1) is 6.54 Å². The highest BCUT2D eigenvalue weighted by Crippen LogP contribution is 2.30. The first-order valence-electron chi connectivity index (χ1n) is 7.24. The van der Waals surface area contributed by atoms with E-state index in [9.17, 15) is 9.59 Å². The average molecular weight is 269 g/mol. The van der Waals surface area contributed by atoms with Crippen LogP contribution in [-0.4, -0.2) is 42.9 Å². The van der Waals surface area contributed by atoms with Crippen molar-refractivity contribution in [1.82, 2.24) is 10.2 Å². The first-order chi connectivity index (χ1) is 8.99. The molecule has 1 fully saturated rings. The lowest BCUT2D eigenvalue weighted by Gasteiger charge is -2.35. The quantitative estimate of drug-likeness (QED) is 0.773.